The van der Waals surface area contributed by atoms with E-state index in [4.69, 9.17) is 5.73 Å². The van der Waals surface area contributed by atoms with Gasteiger partial charge in [0.2, 0.25) is 0 Å². The largest absolute Gasteiger partial charge is 0.382 e. The summed E-state index contributed by atoms with van der Waals surface area (Å²) in [6.45, 7) is 0.730. The molecule has 1 aliphatic rings. The number of halogens is 2. The highest BCUT2D eigenvalue weighted by Gasteiger charge is 2.29. The van der Waals surface area contributed by atoms with Crippen LogP contribution in [0.3, 0.4) is 0 Å². The van der Waals surface area contributed by atoms with Crippen LogP contribution in [0.1, 0.15) is 24.4 Å². The standard InChI is InChI=1S/C16H15F2N5/c17-10-3-4-12(18)11(8-10)13-2-1-7-22(13)16-6-5-15-20-9-14(19)23(15)21-16/h3-6,8-9,13H,1-2,7,19H2. The highest BCUT2D eigenvalue weighted by atomic mass is 19.1. The first-order chi connectivity index (χ1) is 11.1. The Morgan fingerprint density at radius 1 is 1.17 bits per heavy atom. The predicted molar refractivity (Wildman–Crippen MR) is 83.1 cm³/mol. The first-order valence-electron chi connectivity index (χ1n) is 7.45. The first kappa shape index (κ1) is 13.9. The summed E-state index contributed by atoms with van der Waals surface area (Å²) < 4.78 is 29.2. The number of hydrogen-bond donors (Lipinski definition) is 1. The zero-order chi connectivity index (χ0) is 16.0. The molecular weight excluding hydrogens is 300 g/mol. The second kappa shape index (κ2) is 5.19. The fourth-order valence-electron chi connectivity index (χ4n) is 3.17. The van der Waals surface area contributed by atoms with Crippen molar-refractivity contribution in [3.05, 3.63) is 53.7 Å². The molecule has 0 aliphatic carbocycles. The smallest absolute Gasteiger partial charge is 0.156 e. The van der Waals surface area contributed by atoms with Crippen LogP contribution in [-0.4, -0.2) is 21.1 Å². The number of anilines is 2. The summed E-state index contributed by atoms with van der Waals surface area (Å²) >= 11 is 0. The molecule has 1 unspecified atom stereocenters. The van der Waals surface area contributed by atoms with E-state index in [-0.39, 0.29) is 6.04 Å². The quantitative estimate of drug-likeness (QED) is 0.790. The fourth-order valence-corrected chi connectivity index (χ4v) is 3.17. The summed E-state index contributed by atoms with van der Waals surface area (Å²) in [6.07, 6.45) is 3.18. The van der Waals surface area contributed by atoms with E-state index in [1.807, 2.05) is 17.0 Å². The number of hydrogen-bond acceptors (Lipinski definition) is 4. The highest BCUT2D eigenvalue weighted by Crippen LogP contribution is 2.36. The van der Waals surface area contributed by atoms with Gasteiger partial charge < -0.3 is 10.6 Å². The molecule has 0 saturated carbocycles. The van der Waals surface area contributed by atoms with Gasteiger partial charge in [-0.05, 0) is 43.2 Å². The van der Waals surface area contributed by atoms with Crippen molar-refractivity contribution in [3.8, 4) is 0 Å². The molecule has 1 saturated heterocycles. The summed E-state index contributed by atoms with van der Waals surface area (Å²) in [5.41, 5.74) is 6.86. The van der Waals surface area contributed by atoms with Gasteiger partial charge in [0.15, 0.2) is 5.65 Å². The van der Waals surface area contributed by atoms with Crippen LogP contribution in [0.5, 0.6) is 0 Å². The van der Waals surface area contributed by atoms with Gasteiger partial charge in [-0.3, -0.25) is 0 Å². The lowest BCUT2D eigenvalue weighted by atomic mass is 10.0. The van der Waals surface area contributed by atoms with Gasteiger partial charge in [0.1, 0.15) is 23.3 Å². The van der Waals surface area contributed by atoms with E-state index in [1.54, 1.807) is 10.7 Å². The third kappa shape index (κ3) is 2.28. The number of nitrogens with zero attached hydrogens (tertiary/aromatic N) is 4. The van der Waals surface area contributed by atoms with Gasteiger partial charge in [-0.1, -0.05) is 0 Å². The molecular formula is C16H15F2N5. The third-order valence-corrected chi connectivity index (χ3v) is 4.24. The van der Waals surface area contributed by atoms with E-state index < -0.39 is 11.6 Å². The van der Waals surface area contributed by atoms with Crippen LogP contribution < -0.4 is 10.6 Å². The highest BCUT2D eigenvalue weighted by molar-refractivity contribution is 5.52. The first-order valence-corrected chi connectivity index (χ1v) is 7.45. The van der Waals surface area contributed by atoms with E-state index in [0.717, 1.165) is 25.5 Å². The van der Waals surface area contributed by atoms with Crippen molar-refractivity contribution in [2.24, 2.45) is 0 Å². The van der Waals surface area contributed by atoms with Gasteiger partial charge in [-0.15, -0.1) is 5.10 Å². The molecule has 7 heteroatoms. The Morgan fingerprint density at radius 3 is 2.91 bits per heavy atom. The summed E-state index contributed by atoms with van der Waals surface area (Å²) in [7, 11) is 0. The average Bonchev–Trinajstić information content (AvgIpc) is 3.17. The number of nitrogen functional groups attached to an aromatic ring is 1. The molecule has 1 aliphatic heterocycles. The predicted octanol–water partition coefficient (Wildman–Crippen LogP) is 2.93. The lowest BCUT2D eigenvalue weighted by Gasteiger charge is -2.26. The zero-order valence-corrected chi connectivity index (χ0v) is 12.3. The number of benzene rings is 1. The van der Waals surface area contributed by atoms with Gasteiger partial charge in [-0.25, -0.2) is 13.8 Å². The Bertz CT molecular complexity index is 876. The molecule has 0 spiro atoms. The summed E-state index contributed by atoms with van der Waals surface area (Å²) in [5, 5.41) is 4.48. The molecule has 0 bridgehead atoms. The lowest BCUT2D eigenvalue weighted by molar-refractivity contribution is 0.559. The van der Waals surface area contributed by atoms with Crippen molar-refractivity contribution in [3.63, 3.8) is 0 Å². The van der Waals surface area contributed by atoms with Gasteiger partial charge in [0.25, 0.3) is 0 Å². The van der Waals surface area contributed by atoms with E-state index >= 15 is 0 Å². The van der Waals surface area contributed by atoms with Crippen molar-refractivity contribution >= 4 is 17.3 Å². The van der Waals surface area contributed by atoms with Crippen LogP contribution in [0, 0.1) is 11.6 Å². The van der Waals surface area contributed by atoms with Crippen LogP contribution in [0.25, 0.3) is 5.65 Å². The van der Waals surface area contributed by atoms with Gasteiger partial charge in [-0.2, -0.15) is 4.52 Å². The van der Waals surface area contributed by atoms with E-state index in [0.29, 0.717) is 22.8 Å². The third-order valence-electron chi connectivity index (χ3n) is 4.24. The van der Waals surface area contributed by atoms with Crippen molar-refractivity contribution in [1.82, 2.24) is 14.6 Å². The maximum absolute atomic E-state index is 14.1. The SMILES string of the molecule is Nc1cnc2ccc(N3CCCC3c3cc(F)ccc3F)nn12. The second-order valence-electron chi connectivity index (χ2n) is 5.66. The second-order valence-corrected chi connectivity index (χ2v) is 5.66. The maximum Gasteiger partial charge on any atom is 0.156 e. The number of imidazole rings is 1. The van der Waals surface area contributed by atoms with Crippen LogP contribution in [0.2, 0.25) is 0 Å². The van der Waals surface area contributed by atoms with Crippen LogP contribution in [0.15, 0.2) is 36.5 Å². The van der Waals surface area contributed by atoms with Gasteiger partial charge >= 0.3 is 0 Å². The minimum Gasteiger partial charge on any atom is -0.382 e. The topological polar surface area (TPSA) is 59.5 Å². The molecule has 23 heavy (non-hydrogen) atoms. The van der Waals surface area contributed by atoms with E-state index in [2.05, 4.69) is 10.1 Å². The molecule has 2 N–H and O–H groups in total. The Hall–Kier alpha value is -2.70. The Morgan fingerprint density at radius 2 is 2.04 bits per heavy atom. The van der Waals surface area contributed by atoms with Crippen LogP contribution in [0.4, 0.5) is 20.4 Å². The fraction of sp³-hybridized carbons (Fsp3) is 0.250. The molecule has 3 heterocycles. The molecule has 118 valence electrons. The molecule has 1 fully saturated rings. The minimum absolute atomic E-state index is 0.236. The van der Waals surface area contributed by atoms with Crippen LogP contribution in [-0.2, 0) is 0 Å². The van der Waals surface area contributed by atoms with Gasteiger partial charge in [0.05, 0.1) is 12.2 Å². The molecule has 0 amide bonds. The van der Waals surface area contributed by atoms with Gasteiger partial charge in [0, 0.05) is 12.1 Å². The maximum atomic E-state index is 14.1. The van der Waals surface area contributed by atoms with E-state index in [9.17, 15) is 8.78 Å². The number of rotatable bonds is 2. The molecule has 5 nitrogen and oxygen atoms in total. The summed E-state index contributed by atoms with van der Waals surface area (Å²) in [5.74, 6) is 0.282. The van der Waals surface area contributed by atoms with Crippen molar-refractivity contribution in [2.75, 3.05) is 17.2 Å². The normalized spacial score (nSPS) is 18.0. The van der Waals surface area contributed by atoms with E-state index in [1.165, 1.54) is 12.1 Å². The average molecular weight is 315 g/mol. The monoisotopic (exact) mass is 315 g/mol. The Kier molecular flexibility index (Phi) is 3.14. The lowest BCUT2D eigenvalue weighted by Crippen LogP contribution is -2.25. The molecule has 3 aromatic rings. The number of fused-ring (bicyclic) bond motifs is 1. The van der Waals surface area contributed by atoms with Crippen molar-refractivity contribution in [1.29, 1.82) is 0 Å². The number of nitrogens with two attached hydrogens (primary N) is 1. The Labute approximate surface area is 131 Å². The van der Waals surface area contributed by atoms with Crippen LogP contribution >= 0.6 is 0 Å². The minimum atomic E-state index is -0.435. The molecule has 1 aromatic carbocycles. The van der Waals surface area contributed by atoms with Crippen molar-refractivity contribution < 1.29 is 8.78 Å². The van der Waals surface area contributed by atoms with Crippen molar-refractivity contribution in [2.45, 2.75) is 18.9 Å². The zero-order valence-electron chi connectivity index (χ0n) is 12.3. The summed E-state index contributed by atoms with van der Waals surface area (Å²) in [4.78, 5) is 6.12. The molecule has 0 radical (unpaired) electrons. The summed E-state index contributed by atoms with van der Waals surface area (Å²) in [6, 6.07) is 6.98. The molecule has 1 atom stereocenters. The number of aromatic nitrogens is 3. The Balaban J connectivity index is 1.76. The molecule has 2 aromatic heterocycles. The molecule has 4 rings (SSSR count).